The highest BCUT2D eigenvalue weighted by Gasteiger charge is 2.21. The van der Waals surface area contributed by atoms with Gasteiger partial charge in [-0.15, -0.1) is 0 Å². The van der Waals surface area contributed by atoms with Crippen molar-refractivity contribution in [2.24, 2.45) is 0 Å². The topological polar surface area (TPSA) is 133 Å². The summed E-state index contributed by atoms with van der Waals surface area (Å²) in [5.74, 6) is 0.0247. The Kier molecular flexibility index (Phi) is 4.70. The number of nitrogens with zero attached hydrogens (tertiary/aromatic N) is 2. The molecule has 0 bridgehead atoms. The summed E-state index contributed by atoms with van der Waals surface area (Å²) in [5, 5.41) is 15.1. The molecule has 0 aliphatic carbocycles. The fourth-order valence-corrected chi connectivity index (χ4v) is 2.78. The zero-order valence-corrected chi connectivity index (χ0v) is 12.2. The average Bonchev–Trinajstić information content (AvgIpc) is 2.91. The first-order chi connectivity index (χ1) is 10.0. The lowest BCUT2D eigenvalue weighted by molar-refractivity contribution is 0.593. The minimum Gasteiger partial charge on any atom is -0.313 e. The number of anilines is 1. The normalized spacial score (nSPS) is 11.5. The van der Waals surface area contributed by atoms with E-state index in [1.165, 1.54) is 18.3 Å². The average molecular weight is 312 g/mol. The Bertz CT molecular complexity index is 731. The molecule has 0 saturated heterocycles. The molecule has 0 radical (unpaired) electrons. The van der Waals surface area contributed by atoms with Crippen LogP contribution in [0, 0.1) is 0 Å². The van der Waals surface area contributed by atoms with Crippen molar-refractivity contribution in [3.8, 4) is 0 Å². The molecule has 9 nitrogen and oxygen atoms in total. The predicted molar refractivity (Wildman–Crippen MR) is 76.3 cm³/mol. The van der Waals surface area contributed by atoms with Crippen LogP contribution < -0.4 is 15.6 Å². The van der Waals surface area contributed by atoms with Gasteiger partial charge in [0.05, 0.1) is 6.20 Å². The van der Waals surface area contributed by atoms with Crippen LogP contribution in [0.15, 0.2) is 28.2 Å². The van der Waals surface area contributed by atoms with Gasteiger partial charge in [0, 0.05) is 18.2 Å². The van der Waals surface area contributed by atoms with E-state index in [1.807, 2.05) is 6.92 Å². The van der Waals surface area contributed by atoms with E-state index >= 15 is 0 Å². The van der Waals surface area contributed by atoms with Crippen LogP contribution in [0.5, 0.6) is 0 Å². The second-order valence-corrected chi connectivity index (χ2v) is 5.93. The van der Waals surface area contributed by atoms with Crippen molar-refractivity contribution >= 4 is 15.8 Å². The summed E-state index contributed by atoms with van der Waals surface area (Å²) in [6, 6.07) is 2.46. The van der Waals surface area contributed by atoms with Gasteiger partial charge in [0.25, 0.3) is 15.6 Å². The number of aromatic amines is 2. The van der Waals surface area contributed by atoms with Crippen molar-refractivity contribution in [2.75, 3.05) is 11.3 Å². The molecule has 0 amide bonds. The second kappa shape index (κ2) is 6.50. The Labute approximate surface area is 121 Å². The van der Waals surface area contributed by atoms with E-state index < -0.39 is 15.6 Å². The van der Waals surface area contributed by atoms with E-state index in [2.05, 4.69) is 30.4 Å². The van der Waals surface area contributed by atoms with Gasteiger partial charge in [0.1, 0.15) is 0 Å². The number of H-pyrrole nitrogens is 2. The van der Waals surface area contributed by atoms with Crippen molar-refractivity contribution in [1.82, 2.24) is 25.7 Å². The van der Waals surface area contributed by atoms with E-state index in [0.717, 1.165) is 13.0 Å². The highest BCUT2D eigenvalue weighted by atomic mass is 32.2. The van der Waals surface area contributed by atoms with Crippen LogP contribution >= 0.6 is 0 Å². The molecule has 4 N–H and O–H groups in total. The molecule has 2 aromatic heterocycles. The largest absolute Gasteiger partial charge is 0.313 e. The highest BCUT2D eigenvalue weighted by molar-refractivity contribution is 7.92. The predicted octanol–water partition coefficient (Wildman–Crippen LogP) is -0.207. The standard InChI is InChI=1S/C11H16N6O3S/c1-2-5-12-6-8-7-13-16-11(8)21(19,20)17-9-3-4-10(18)15-14-9/h3-4,7,12H,2,5-6H2,1H3,(H,13,16)(H,14,17)(H,15,18). The van der Waals surface area contributed by atoms with Crippen molar-refractivity contribution in [2.45, 2.75) is 24.9 Å². The summed E-state index contributed by atoms with van der Waals surface area (Å²) in [6.45, 7) is 3.18. The third-order valence-electron chi connectivity index (χ3n) is 2.61. The molecule has 0 aliphatic rings. The fraction of sp³-hybridized carbons (Fsp3) is 0.364. The lowest BCUT2D eigenvalue weighted by Gasteiger charge is -2.07. The van der Waals surface area contributed by atoms with Crippen LogP contribution in [0.2, 0.25) is 0 Å². The number of rotatable bonds is 7. The Hall–Kier alpha value is -2.20. The third-order valence-corrected chi connectivity index (χ3v) is 3.98. The summed E-state index contributed by atoms with van der Waals surface area (Å²) in [7, 11) is -3.84. The van der Waals surface area contributed by atoms with E-state index in [-0.39, 0.29) is 10.8 Å². The lowest BCUT2D eigenvalue weighted by atomic mass is 10.3. The number of hydrogen-bond acceptors (Lipinski definition) is 6. The first kappa shape index (κ1) is 15.2. The summed E-state index contributed by atoms with van der Waals surface area (Å²) < 4.78 is 26.8. The molecule has 0 saturated carbocycles. The molecule has 2 aromatic rings. The van der Waals surface area contributed by atoms with Crippen LogP contribution in [-0.2, 0) is 16.6 Å². The summed E-state index contributed by atoms with van der Waals surface area (Å²) in [6.07, 6.45) is 2.40. The van der Waals surface area contributed by atoms with Gasteiger partial charge >= 0.3 is 0 Å². The maximum atomic E-state index is 12.3. The van der Waals surface area contributed by atoms with Gasteiger partial charge in [-0.1, -0.05) is 6.92 Å². The van der Waals surface area contributed by atoms with Crippen LogP contribution in [0.25, 0.3) is 0 Å². The first-order valence-corrected chi connectivity index (χ1v) is 7.83. The SMILES string of the molecule is CCCNCc1cn[nH]c1S(=O)(=O)Nc1ccc(=O)[nH]n1. The van der Waals surface area contributed by atoms with Crippen molar-refractivity contribution in [1.29, 1.82) is 0 Å². The van der Waals surface area contributed by atoms with E-state index in [1.54, 1.807) is 0 Å². The van der Waals surface area contributed by atoms with Crippen molar-refractivity contribution in [3.63, 3.8) is 0 Å². The molecule has 0 fully saturated rings. The summed E-state index contributed by atoms with van der Waals surface area (Å²) in [5.41, 5.74) is 0.115. The third kappa shape index (κ3) is 3.89. The van der Waals surface area contributed by atoms with Gasteiger partial charge in [0.2, 0.25) is 0 Å². The minimum absolute atomic E-state index is 0.0247. The Morgan fingerprint density at radius 1 is 1.29 bits per heavy atom. The molecule has 2 heterocycles. The number of sulfonamides is 1. The van der Waals surface area contributed by atoms with Crippen LogP contribution in [-0.4, -0.2) is 35.4 Å². The molecule has 0 unspecified atom stereocenters. The number of nitrogens with one attached hydrogen (secondary N) is 4. The number of hydrogen-bond donors (Lipinski definition) is 4. The molecule has 0 aromatic carbocycles. The van der Waals surface area contributed by atoms with E-state index in [9.17, 15) is 13.2 Å². The molecule has 10 heteroatoms. The van der Waals surface area contributed by atoms with Crippen LogP contribution in [0.1, 0.15) is 18.9 Å². The van der Waals surface area contributed by atoms with Gasteiger partial charge in [-0.25, -0.2) is 5.10 Å². The molecular formula is C11H16N6O3S. The smallest absolute Gasteiger partial charge is 0.280 e. The van der Waals surface area contributed by atoms with Gasteiger partial charge in [0.15, 0.2) is 10.8 Å². The molecule has 0 atom stereocenters. The second-order valence-electron chi connectivity index (χ2n) is 4.31. The quantitative estimate of drug-likeness (QED) is 0.523. The maximum Gasteiger partial charge on any atom is 0.280 e. The van der Waals surface area contributed by atoms with Crippen LogP contribution in [0.4, 0.5) is 5.82 Å². The Morgan fingerprint density at radius 2 is 2.10 bits per heavy atom. The molecular weight excluding hydrogens is 296 g/mol. The van der Waals surface area contributed by atoms with Gasteiger partial charge < -0.3 is 5.32 Å². The van der Waals surface area contributed by atoms with E-state index in [4.69, 9.17) is 0 Å². The Morgan fingerprint density at radius 3 is 2.76 bits per heavy atom. The van der Waals surface area contributed by atoms with E-state index in [0.29, 0.717) is 12.1 Å². The van der Waals surface area contributed by atoms with Gasteiger partial charge in [-0.3, -0.25) is 14.6 Å². The number of aromatic nitrogens is 4. The van der Waals surface area contributed by atoms with Crippen molar-refractivity contribution < 1.29 is 8.42 Å². The summed E-state index contributed by atoms with van der Waals surface area (Å²) >= 11 is 0. The van der Waals surface area contributed by atoms with Gasteiger partial charge in [-0.05, 0) is 19.0 Å². The fourth-order valence-electron chi connectivity index (χ4n) is 1.65. The highest BCUT2D eigenvalue weighted by Crippen LogP contribution is 2.15. The molecule has 0 aliphatic heterocycles. The molecule has 21 heavy (non-hydrogen) atoms. The minimum atomic E-state index is -3.84. The molecule has 0 spiro atoms. The summed E-state index contributed by atoms with van der Waals surface area (Å²) in [4.78, 5) is 10.9. The van der Waals surface area contributed by atoms with Crippen LogP contribution in [0.3, 0.4) is 0 Å². The molecule has 114 valence electrons. The maximum absolute atomic E-state index is 12.3. The lowest BCUT2D eigenvalue weighted by Crippen LogP contribution is -2.20. The van der Waals surface area contributed by atoms with Crippen molar-refractivity contribution in [3.05, 3.63) is 34.2 Å². The monoisotopic (exact) mass is 312 g/mol. The first-order valence-electron chi connectivity index (χ1n) is 6.34. The Balaban J connectivity index is 2.17. The zero-order chi connectivity index (χ0) is 15.3. The molecule has 2 rings (SSSR count). The zero-order valence-electron chi connectivity index (χ0n) is 11.4. The van der Waals surface area contributed by atoms with Gasteiger partial charge in [-0.2, -0.15) is 18.6 Å².